The molecule has 3 rings (SSSR count). The van der Waals surface area contributed by atoms with E-state index in [0.717, 1.165) is 12.8 Å². The summed E-state index contributed by atoms with van der Waals surface area (Å²) in [5.74, 6) is 0. The molecule has 0 aliphatic heterocycles. The highest BCUT2D eigenvalue weighted by atomic mass is 79.9. The number of hydrogen-bond donors (Lipinski definition) is 0. The molecule has 0 aromatic heterocycles. The monoisotopic (exact) mass is 285 g/mol. The van der Waals surface area contributed by atoms with Crippen LogP contribution in [0.25, 0.3) is 11.1 Å². The SMILES string of the molecule is CCC(Br)c1[c]c2c(cc1)-c1ccccc1C2. The van der Waals surface area contributed by atoms with Crippen molar-refractivity contribution >= 4 is 15.9 Å². The van der Waals surface area contributed by atoms with Crippen LogP contribution in [0.5, 0.6) is 0 Å². The number of rotatable bonds is 2. The van der Waals surface area contributed by atoms with Gasteiger partial charge in [0.15, 0.2) is 0 Å². The Morgan fingerprint density at radius 3 is 2.82 bits per heavy atom. The smallest absolute Gasteiger partial charge is 0.0399 e. The molecule has 0 amide bonds. The van der Waals surface area contributed by atoms with Crippen LogP contribution in [0.15, 0.2) is 36.4 Å². The third-order valence-corrected chi connectivity index (χ3v) is 4.56. The fourth-order valence-corrected chi connectivity index (χ4v) is 2.75. The summed E-state index contributed by atoms with van der Waals surface area (Å²) in [7, 11) is 0. The molecule has 0 saturated heterocycles. The van der Waals surface area contributed by atoms with Crippen molar-refractivity contribution in [2.24, 2.45) is 0 Å². The van der Waals surface area contributed by atoms with Crippen molar-refractivity contribution in [2.45, 2.75) is 24.6 Å². The van der Waals surface area contributed by atoms with Gasteiger partial charge in [0.1, 0.15) is 0 Å². The van der Waals surface area contributed by atoms with Crippen LogP contribution < -0.4 is 0 Å². The maximum absolute atomic E-state index is 3.70. The zero-order chi connectivity index (χ0) is 11.8. The Balaban J connectivity index is 2.07. The Morgan fingerprint density at radius 1 is 1.18 bits per heavy atom. The number of hydrogen-bond acceptors (Lipinski definition) is 0. The molecule has 1 radical (unpaired) electrons. The number of alkyl halides is 1. The molecule has 0 spiro atoms. The summed E-state index contributed by atoms with van der Waals surface area (Å²) in [5, 5.41) is 0. The average Bonchev–Trinajstić information content (AvgIpc) is 2.75. The third kappa shape index (κ3) is 1.83. The summed E-state index contributed by atoms with van der Waals surface area (Å²) in [5.41, 5.74) is 6.80. The van der Waals surface area contributed by atoms with Crippen LogP contribution in [0.2, 0.25) is 0 Å². The van der Waals surface area contributed by atoms with Crippen molar-refractivity contribution in [2.75, 3.05) is 0 Å². The molecule has 1 aliphatic rings. The summed E-state index contributed by atoms with van der Waals surface area (Å²) < 4.78 is 0. The van der Waals surface area contributed by atoms with Crippen LogP contribution in [0.4, 0.5) is 0 Å². The Hall–Kier alpha value is -1.08. The maximum Gasteiger partial charge on any atom is 0.0399 e. The van der Waals surface area contributed by atoms with Crippen molar-refractivity contribution < 1.29 is 0 Å². The molecular formula is C16H14Br. The highest BCUT2D eigenvalue weighted by molar-refractivity contribution is 9.09. The normalized spacial score (nSPS) is 14.2. The Labute approximate surface area is 111 Å². The quantitative estimate of drug-likeness (QED) is 0.587. The van der Waals surface area contributed by atoms with Gasteiger partial charge in [-0.25, -0.2) is 0 Å². The molecule has 1 heteroatoms. The zero-order valence-electron chi connectivity index (χ0n) is 9.83. The van der Waals surface area contributed by atoms with Crippen molar-refractivity contribution in [3.05, 3.63) is 59.2 Å². The van der Waals surface area contributed by atoms with Crippen molar-refractivity contribution in [1.82, 2.24) is 0 Å². The molecule has 1 unspecified atom stereocenters. The number of fused-ring (bicyclic) bond motifs is 3. The lowest BCUT2D eigenvalue weighted by atomic mass is 10.0. The highest BCUT2D eigenvalue weighted by Gasteiger charge is 2.19. The summed E-state index contributed by atoms with van der Waals surface area (Å²) in [6.07, 6.45) is 2.13. The van der Waals surface area contributed by atoms with E-state index in [-0.39, 0.29) is 0 Å². The Morgan fingerprint density at radius 2 is 2.00 bits per heavy atom. The standard InChI is InChI=1S/C16H14Br/c1-2-16(17)12-7-8-15-13(10-12)9-11-5-3-4-6-14(11)15/h3-8,16H,2,9H2,1H3. The molecule has 2 aromatic rings. The molecule has 1 atom stereocenters. The minimum absolute atomic E-state index is 0.427. The van der Waals surface area contributed by atoms with E-state index < -0.39 is 0 Å². The van der Waals surface area contributed by atoms with Gasteiger partial charge in [-0.05, 0) is 46.7 Å². The molecule has 0 saturated carbocycles. The van der Waals surface area contributed by atoms with Crippen molar-refractivity contribution in [3.63, 3.8) is 0 Å². The van der Waals surface area contributed by atoms with Crippen LogP contribution in [0.1, 0.15) is 34.9 Å². The predicted octanol–water partition coefficient (Wildman–Crippen LogP) is 4.90. The van der Waals surface area contributed by atoms with Crippen LogP contribution in [0, 0.1) is 6.07 Å². The second-order valence-corrected chi connectivity index (χ2v) is 5.62. The topological polar surface area (TPSA) is 0 Å². The lowest BCUT2D eigenvalue weighted by Gasteiger charge is -2.08. The van der Waals surface area contributed by atoms with Crippen LogP contribution in [-0.4, -0.2) is 0 Å². The fourth-order valence-electron chi connectivity index (χ4n) is 2.48. The van der Waals surface area contributed by atoms with Gasteiger partial charge >= 0.3 is 0 Å². The minimum atomic E-state index is 0.427. The second-order valence-electron chi connectivity index (χ2n) is 4.52. The number of halogens is 1. The van der Waals surface area contributed by atoms with E-state index >= 15 is 0 Å². The number of benzene rings is 2. The Kier molecular flexibility index (Phi) is 2.79. The summed E-state index contributed by atoms with van der Waals surface area (Å²) in [6.45, 7) is 2.19. The third-order valence-electron chi connectivity index (χ3n) is 3.42. The van der Waals surface area contributed by atoms with Gasteiger partial charge in [0.2, 0.25) is 0 Å². The molecule has 0 fully saturated rings. The predicted molar refractivity (Wildman–Crippen MR) is 75.5 cm³/mol. The molecular weight excluding hydrogens is 272 g/mol. The van der Waals surface area contributed by atoms with E-state index in [4.69, 9.17) is 0 Å². The van der Waals surface area contributed by atoms with Crippen molar-refractivity contribution in [3.8, 4) is 11.1 Å². The average molecular weight is 286 g/mol. The summed E-state index contributed by atoms with van der Waals surface area (Å²) >= 11 is 3.70. The maximum atomic E-state index is 3.70. The second kappa shape index (κ2) is 4.30. The van der Waals surface area contributed by atoms with E-state index in [1.165, 1.54) is 27.8 Å². The summed E-state index contributed by atoms with van der Waals surface area (Å²) in [4.78, 5) is 0.427. The molecule has 0 heterocycles. The van der Waals surface area contributed by atoms with E-state index in [1.807, 2.05) is 0 Å². The first-order chi connectivity index (χ1) is 8.29. The zero-order valence-corrected chi connectivity index (χ0v) is 11.4. The van der Waals surface area contributed by atoms with E-state index in [0.29, 0.717) is 4.83 Å². The van der Waals surface area contributed by atoms with Gasteiger partial charge in [-0.2, -0.15) is 0 Å². The summed E-state index contributed by atoms with van der Waals surface area (Å²) in [6, 6.07) is 16.7. The van der Waals surface area contributed by atoms with Crippen LogP contribution >= 0.6 is 15.9 Å². The van der Waals surface area contributed by atoms with Gasteiger partial charge in [-0.3, -0.25) is 0 Å². The van der Waals surface area contributed by atoms with E-state index in [1.54, 1.807) is 0 Å². The Bertz CT molecular complexity index is 557. The van der Waals surface area contributed by atoms with Gasteiger partial charge in [-0.15, -0.1) is 0 Å². The largest absolute Gasteiger partial charge is 0.0839 e. The molecule has 17 heavy (non-hydrogen) atoms. The lowest BCUT2D eigenvalue weighted by molar-refractivity contribution is 0.907. The van der Waals surface area contributed by atoms with E-state index in [9.17, 15) is 0 Å². The first-order valence-electron chi connectivity index (χ1n) is 6.07. The van der Waals surface area contributed by atoms with Gasteiger partial charge in [-0.1, -0.05) is 59.3 Å². The van der Waals surface area contributed by atoms with Gasteiger partial charge < -0.3 is 0 Å². The van der Waals surface area contributed by atoms with Crippen molar-refractivity contribution in [1.29, 1.82) is 0 Å². The fraction of sp³-hybridized carbons (Fsp3) is 0.250. The molecule has 0 nitrogen and oxygen atoms in total. The molecule has 0 N–H and O–H groups in total. The first kappa shape index (κ1) is 11.0. The molecule has 2 aromatic carbocycles. The first-order valence-corrected chi connectivity index (χ1v) is 6.98. The lowest BCUT2D eigenvalue weighted by Crippen LogP contribution is -1.90. The van der Waals surface area contributed by atoms with Gasteiger partial charge in [0.05, 0.1) is 0 Å². The molecule has 0 bridgehead atoms. The molecule has 1 aliphatic carbocycles. The van der Waals surface area contributed by atoms with Crippen LogP contribution in [0.3, 0.4) is 0 Å². The molecule has 85 valence electrons. The van der Waals surface area contributed by atoms with Gasteiger partial charge in [0, 0.05) is 4.83 Å². The van der Waals surface area contributed by atoms with Gasteiger partial charge in [0.25, 0.3) is 0 Å². The highest BCUT2D eigenvalue weighted by Crippen LogP contribution is 2.38. The van der Waals surface area contributed by atoms with E-state index in [2.05, 4.69) is 65.3 Å². The van der Waals surface area contributed by atoms with Crippen LogP contribution in [-0.2, 0) is 6.42 Å². The minimum Gasteiger partial charge on any atom is -0.0839 e.